The molecule has 5 heteroatoms. The van der Waals surface area contributed by atoms with Crippen LogP contribution in [0, 0.1) is 25.7 Å². The van der Waals surface area contributed by atoms with Crippen molar-refractivity contribution in [1.29, 1.82) is 0 Å². The number of nitrogen functional groups attached to an aromatic ring is 1. The molecule has 126 valence electrons. The minimum Gasteiger partial charge on any atom is -0.399 e. The smallest absolute Gasteiger partial charge is 0.268 e. The van der Waals surface area contributed by atoms with Crippen molar-refractivity contribution in [3.63, 3.8) is 0 Å². The Balaban J connectivity index is 1.89. The summed E-state index contributed by atoms with van der Waals surface area (Å²) in [6, 6.07) is 17.5. The maximum absolute atomic E-state index is 12.8. The van der Waals surface area contributed by atoms with Crippen molar-refractivity contribution in [3.05, 3.63) is 83.2 Å². The molecule has 1 aromatic heterocycles. The number of benzene rings is 2. The van der Waals surface area contributed by atoms with Gasteiger partial charge in [0, 0.05) is 28.2 Å². The lowest BCUT2D eigenvalue weighted by molar-refractivity contribution is 0.585. The van der Waals surface area contributed by atoms with E-state index in [2.05, 4.69) is 11.8 Å². The molecule has 0 saturated carbocycles. The highest BCUT2D eigenvalue weighted by Gasteiger charge is 2.19. The van der Waals surface area contributed by atoms with Crippen molar-refractivity contribution in [1.82, 2.24) is 3.97 Å². The van der Waals surface area contributed by atoms with E-state index in [1.54, 1.807) is 62.4 Å². The SMILES string of the molecule is Cc1ccc(C)n1S(=O)(=O)c1ccc(C#Cc2ccc(N)cc2)cc1. The van der Waals surface area contributed by atoms with E-state index in [9.17, 15) is 8.42 Å². The van der Waals surface area contributed by atoms with Gasteiger partial charge in [0.25, 0.3) is 10.0 Å². The zero-order valence-corrected chi connectivity index (χ0v) is 14.8. The van der Waals surface area contributed by atoms with Gasteiger partial charge < -0.3 is 5.73 Å². The lowest BCUT2D eigenvalue weighted by Crippen LogP contribution is -2.15. The molecule has 3 rings (SSSR count). The number of rotatable bonds is 2. The predicted octanol–water partition coefficient (Wildman–Crippen LogP) is 3.32. The van der Waals surface area contributed by atoms with Gasteiger partial charge in [0.15, 0.2) is 0 Å². The van der Waals surface area contributed by atoms with E-state index in [0.29, 0.717) is 17.1 Å². The second kappa shape index (κ2) is 6.50. The highest BCUT2D eigenvalue weighted by Crippen LogP contribution is 2.19. The summed E-state index contributed by atoms with van der Waals surface area (Å²) in [4.78, 5) is 0.243. The first kappa shape index (κ1) is 16.9. The second-order valence-electron chi connectivity index (χ2n) is 5.78. The zero-order valence-electron chi connectivity index (χ0n) is 14.0. The number of nitrogens with two attached hydrogens (primary N) is 1. The molecule has 0 fully saturated rings. The summed E-state index contributed by atoms with van der Waals surface area (Å²) in [6.45, 7) is 3.55. The molecule has 0 saturated heterocycles. The first-order valence-electron chi connectivity index (χ1n) is 7.76. The van der Waals surface area contributed by atoms with E-state index < -0.39 is 10.0 Å². The van der Waals surface area contributed by atoms with Crippen LogP contribution < -0.4 is 5.73 Å². The maximum atomic E-state index is 12.8. The first-order valence-corrected chi connectivity index (χ1v) is 9.20. The summed E-state index contributed by atoms with van der Waals surface area (Å²) in [5, 5.41) is 0. The summed E-state index contributed by atoms with van der Waals surface area (Å²) in [5.74, 6) is 6.06. The topological polar surface area (TPSA) is 65.1 Å². The van der Waals surface area contributed by atoms with Gasteiger partial charge in [-0.2, -0.15) is 0 Å². The summed E-state index contributed by atoms with van der Waals surface area (Å²) >= 11 is 0. The Kier molecular flexibility index (Phi) is 4.39. The normalized spacial score (nSPS) is 11.0. The molecule has 0 amide bonds. The van der Waals surface area contributed by atoms with E-state index in [1.165, 1.54) is 3.97 Å². The Bertz CT molecular complexity index is 1050. The van der Waals surface area contributed by atoms with Crippen molar-refractivity contribution in [2.45, 2.75) is 18.7 Å². The Hall–Kier alpha value is -2.97. The van der Waals surface area contributed by atoms with E-state index >= 15 is 0 Å². The lowest BCUT2D eigenvalue weighted by atomic mass is 10.2. The number of anilines is 1. The summed E-state index contributed by atoms with van der Waals surface area (Å²) in [6.07, 6.45) is 0. The second-order valence-corrected chi connectivity index (χ2v) is 7.57. The number of hydrogen-bond acceptors (Lipinski definition) is 3. The van der Waals surface area contributed by atoms with Gasteiger partial charge in [0.05, 0.1) is 4.90 Å². The van der Waals surface area contributed by atoms with Gasteiger partial charge in [0.2, 0.25) is 0 Å². The number of aryl methyl sites for hydroxylation is 2. The molecule has 0 unspecified atom stereocenters. The molecule has 0 radical (unpaired) electrons. The summed E-state index contributed by atoms with van der Waals surface area (Å²) in [7, 11) is -3.59. The van der Waals surface area contributed by atoms with Crippen molar-refractivity contribution in [2.75, 3.05) is 5.73 Å². The molecule has 0 aliphatic carbocycles. The van der Waals surface area contributed by atoms with Gasteiger partial charge in [-0.3, -0.25) is 0 Å². The van der Waals surface area contributed by atoms with Crippen LogP contribution in [0.5, 0.6) is 0 Å². The minimum atomic E-state index is -3.59. The third kappa shape index (κ3) is 3.44. The van der Waals surface area contributed by atoms with Crippen LogP contribution in [0.1, 0.15) is 22.5 Å². The lowest BCUT2D eigenvalue weighted by Gasteiger charge is -2.10. The van der Waals surface area contributed by atoms with Crippen LogP contribution in [0.25, 0.3) is 0 Å². The fourth-order valence-corrected chi connectivity index (χ4v) is 4.13. The van der Waals surface area contributed by atoms with Crippen molar-refractivity contribution < 1.29 is 8.42 Å². The molecule has 0 atom stereocenters. The fraction of sp³-hybridized carbons (Fsp3) is 0.100. The third-order valence-electron chi connectivity index (χ3n) is 3.86. The molecule has 2 N–H and O–H groups in total. The van der Waals surface area contributed by atoms with Crippen molar-refractivity contribution >= 4 is 15.7 Å². The highest BCUT2D eigenvalue weighted by atomic mass is 32.2. The van der Waals surface area contributed by atoms with Crippen LogP contribution in [0.4, 0.5) is 5.69 Å². The monoisotopic (exact) mass is 350 g/mol. The Morgan fingerprint density at radius 3 is 1.68 bits per heavy atom. The summed E-state index contributed by atoms with van der Waals surface area (Å²) in [5.41, 5.74) is 9.30. The first-order chi connectivity index (χ1) is 11.9. The predicted molar refractivity (Wildman–Crippen MR) is 99.8 cm³/mol. The molecular formula is C20H18N2O2S. The van der Waals surface area contributed by atoms with Crippen LogP contribution in [-0.2, 0) is 10.0 Å². The van der Waals surface area contributed by atoms with E-state index in [4.69, 9.17) is 5.73 Å². The molecular weight excluding hydrogens is 332 g/mol. The molecule has 0 aliphatic heterocycles. The van der Waals surface area contributed by atoms with Crippen LogP contribution in [0.3, 0.4) is 0 Å². The van der Waals surface area contributed by atoms with Crippen molar-refractivity contribution in [2.24, 2.45) is 0 Å². The average molecular weight is 350 g/mol. The quantitative estimate of drug-likeness (QED) is 0.569. The molecule has 4 nitrogen and oxygen atoms in total. The molecule has 0 spiro atoms. The van der Waals surface area contributed by atoms with E-state index in [1.807, 2.05) is 12.1 Å². The fourth-order valence-electron chi connectivity index (χ4n) is 2.56. The number of aromatic nitrogens is 1. The van der Waals surface area contributed by atoms with Crippen molar-refractivity contribution in [3.8, 4) is 11.8 Å². The minimum absolute atomic E-state index is 0.243. The molecule has 0 bridgehead atoms. The standard InChI is InChI=1S/C20H18N2O2S/c1-15-3-4-16(2)22(15)25(23,24)20-13-9-18(10-14-20)6-5-17-7-11-19(21)12-8-17/h3-4,7-14H,21H2,1-2H3. The number of nitrogens with zero attached hydrogens (tertiary/aromatic N) is 1. The van der Waals surface area contributed by atoms with Crippen LogP contribution >= 0.6 is 0 Å². The summed E-state index contributed by atoms with van der Waals surface area (Å²) < 4.78 is 26.9. The third-order valence-corrected chi connectivity index (χ3v) is 5.79. The van der Waals surface area contributed by atoms with Gasteiger partial charge in [-0.05, 0) is 74.5 Å². The molecule has 2 aromatic carbocycles. The molecule has 3 aromatic rings. The maximum Gasteiger partial charge on any atom is 0.268 e. The van der Waals surface area contributed by atoms with Gasteiger partial charge in [-0.15, -0.1) is 0 Å². The molecule has 1 heterocycles. The van der Waals surface area contributed by atoms with Gasteiger partial charge >= 0.3 is 0 Å². The average Bonchev–Trinajstić information content (AvgIpc) is 2.94. The van der Waals surface area contributed by atoms with Crippen LogP contribution in [0.15, 0.2) is 65.6 Å². The van der Waals surface area contributed by atoms with Gasteiger partial charge in [-0.25, -0.2) is 12.4 Å². The van der Waals surface area contributed by atoms with Gasteiger partial charge in [0.1, 0.15) is 0 Å². The Morgan fingerprint density at radius 2 is 1.20 bits per heavy atom. The van der Waals surface area contributed by atoms with Gasteiger partial charge in [-0.1, -0.05) is 11.8 Å². The van der Waals surface area contributed by atoms with E-state index in [-0.39, 0.29) is 4.90 Å². The highest BCUT2D eigenvalue weighted by molar-refractivity contribution is 7.90. The zero-order chi connectivity index (χ0) is 18.0. The van der Waals surface area contributed by atoms with Crippen LogP contribution in [-0.4, -0.2) is 12.4 Å². The Morgan fingerprint density at radius 1 is 0.760 bits per heavy atom. The molecule has 25 heavy (non-hydrogen) atoms. The largest absolute Gasteiger partial charge is 0.399 e. The van der Waals surface area contributed by atoms with Crippen LogP contribution in [0.2, 0.25) is 0 Å². The number of hydrogen-bond donors (Lipinski definition) is 1. The molecule has 0 aliphatic rings. The Labute approximate surface area is 148 Å². The van der Waals surface area contributed by atoms with E-state index in [0.717, 1.165) is 11.1 Å².